The molecule has 5 nitrogen and oxygen atoms in total. The van der Waals surface area contributed by atoms with Crippen LogP contribution in [-0.2, 0) is 14.8 Å². The highest BCUT2D eigenvalue weighted by Crippen LogP contribution is 2.14. The van der Waals surface area contributed by atoms with E-state index in [4.69, 9.17) is 16.7 Å². The van der Waals surface area contributed by atoms with Crippen molar-refractivity contribution in [3.8, 4) is 0 Å². The molecule has 0 aromatic heterocycles. The third-order valence-corrected chi connectivity index (χ3v) is 4.60. The first kappa shape index (κ1) is 16.7. The van der Waals surface area contributed by atoms with E-state index in [1.807, 2.05) is 0 Å². The summed E-state index contributed by atoms with van der Waals surface area (Å²) in [6, 6.07) is 5.55. The molecule has 0 bridgehead atoms. The molecule has 1 rings (SSSR count). The van der Waals surface area contributed by atoms with E-state index in [0.29, 0.717) is 10.6 Å². The predicted molar refractivity (Wildman–Crippen MR) is 78.9 cm³/mol. The summed E-state index contributed by atoms with van der Waals surface area (Å²) in [5.41, 5.74) is 0.662. The molecule has 1 aromatic rings. The van der Waals surface area contributed by atoms with Gasteiger partial charge in [0.1, 0.15) is 6.04 Å². The number of halogens is 1. The molecular weight excluding hydrogens is 302 g/mol. The topological polar surface area (TPSA) is 74.7 Å². The average Bonchev–Trinajstić information content (AvgIpc) is 2.38. The number of likely N-dealkylation sites (N-methyl/N-ethyl adjacent to an activating group) is 1. The van der Waals surface area contributed by atoms with Crippen molar-refractivity contribution in [2.45, 2.75) is 19.4 Å². The van der Waals surface area contributed by atoms with Crippen LogP contribution in [0.4, 0.5) is 0 Å². The molecule has 1 aromatic carbocycles. The molecule has 0 saturated carbocycles. The van der Waals surface area contributed by atoms with Gasteiger partial charge in [0.15, 0.2) is 0 Å². The van der Waals surface area contributed by atoms with Gasteiger partial charge in [0.2, 0.25) is 10.0 Å². The van der Waals surface area contributed by atoms with Gasteiger partial charge in [-0.15, -0.1) is 0 Å². The Labute approximate surface area is 123 Å². The minimum Gasteiger partial charge on any atom is -0.480 e. The molecule has 7 heteroatoms. The van der Waals surface area contributed by atoms with Crippen LogP contribution in [0.1, 0.15) is 18.9 Å². The molecule has 110 valence electrons. The molecule has 0 fully saturated rings. The fraction of sp³-hybridized carbons (Fsp3) is 0.308. The number of carbonyl (C=O) groups is 1. The fourth-order valence-corrected chi connectivity index (χ4v) is 2.84. The summed E-state index contributed by atoms with van der Waals surface area (Å²) in [4.78, 5) is 11.0. The highest BCUT2D eigenvalue weighted by Gasteiger charge is 2.28. The largest absolute Gasteiger partial charge is 0.480 e. The Hall–Kier alpha value is -1.37. The Kier molecular flexibility index (Phi) is 5.74. The first-order valence-corrected chi connectivity index (χ1v) is 7.80. The molecule has 0 radical (unpaired) electrons. The smallest absolute Gasteiger partial charge is 0.321 e. The van der Waals surface area contributed by atoms with Crippen LogP contribution >= 0.6 is 11.6 Å². The molecule has 1 unspecified atom stereocenters. The molecule has 0 amide bonds. The number of rotatable bonds is 6. The highest BCUT2D eigenvalue weighted by molar-refractivity contribution is 7.92. The second kappa shape index (κ2) is 6.88. The van der Waals surface area contributed by atoms with Crippen LogP contribution in [0.5, 0.6) is 0 Å². The first-order chi connectivity index (χ1) is 9.27. The van der Waals surface area contributed by atoms with Crippen molar-refractivity contribution in [1.29, 1.82) is 0 Å². The summed E-state index contributed by atoms with van der Waals surface area (Å²) in [7, 11) is -2.53. The van der Waals surface area contributed by atoms with Crippen LogP contribution < -0.4 is 0 Å². The van der Waals surface area contributed by atoms with Crippen molar-refractivity contribution in [2.75, 3.05) is 7.05 Å². The molecule has 0 heterocycles. The van der Waals surface area contributed by atoms with Crippen LogP contribution in [0, 0.1) is 0 Å². The molecule has 0 aliphatic carbocycles. The SMILES string of the molecule is CCC(C(=O)O)N(C)S(=O)(=O)C=Cc1ccc(Cl)cc1. The van der Waals surface area contributed by atoms with Gasteiger partial charge in [-0.3, -0.25) is 4.79 Å². The standard InChI is InChI=1S/C13H16ClNO4S/c1-3-12(13(16)17)15(2)20(18,19)9-8-10-4-6-11(14)7-5-10/h4-9,12H,3H2,1-2H3,(H,16,17). The summed E-state index contributed by atoms with van der Waals surface area (Å²) < 4.78 is 24.9. The van der Waals surface area contributed by atoms with E-state index >= 15 is 0 Å². The fourth-order valence-electron chi connectivity index (χ4n) is 1.60. The summed E-state index contributed by atoms with van der Waals surface area (Å²) in [6.07, 6.45) is 1.59. The van der Waals surface area contributed by atoms with Crippen molar-refractivity contribution in [3.05, 3.63) is 40.3 Å². The van der Waals surface area contributed by atoms with Crippen LogP contribution in [0.2, 0.25) is 5.02 Å². The first-order valence-electron chi connectivity index (χ1n) is 5.92. The van der Waals surface area contributed by atoms with Gasteiger partial charge in [-0.1, -0.05) is 30.7 Å². The van der Waals surface area contributed by atoms with E-state index in [2.05, 4.69) is 0 Å². The van der Waals surface area contributed by atoms with Gasteiger partial charge >= 0.3 is 5.97 Å². The predicted octanol–water partition coefficient (Wildman–Crippen LogP) is 2.44. The van der Waals surface area contributed by atoms with E-state index in [0.717, 1.165) is 9.71 Å². The molecule has 0 spiro atoms. The molecule has 1 N–H and O–H groups in total. The maximum absolute atomic E-state index is 12.0. The lowest BCUT2D eigenvalue weighted by Gasteiger charge is -2.21. The minimum absolute atomic E-state index is 0.194. The Bertz CT molecular complexity index is 595. The van der Waals surface area contributed by atoms with Gasteiger partial charge < -0.3 is 5.11 Å². The van der Waals surface area contributed by atoms with Crippen molar-refractivity contribution >= 4 is 33.7 Å². The molecule has 0 aliphatic heterocycles. The van der Waals surface area contributed by atoms with E-state index in [9.17, 15) is 13.2 Å². The molecule has 1 atom stereocenters. The zero-order chi connectivity index (χ0) is 15.3. The lowest BCUT2D eigenvalue weighted by Crippen LogP contribution is -2.40. The lowest BCUT2D eigenvalue weighted by atomic mass is 10.2. The van der Waals surface area contributed by atoms with Gasteiger partial charge in [0.05, 0.1) is 0 Å². The maximum atomic E-state index is 12.0. The summed E-state index contributed by atoms with van der Waals surface area (Å²) in [5.74, 6) is -1.17. The third kappa shape index (κ3) is 4.33. The Morgan fingerprint density at radius 2 is 1.95 bits per heavy atom. The van der Waals surface area contributed by atoms with Gasteiger partial charge in [-0.05, 0) is 30.2 Å². The normalized spacial score (nSPS) is 13.8. The van der Waals surface area contributed by atoms with E-state index < -0.39 is 22.0 Å². The van der Waals surface area contributed by atoms with Crippen molar-refractivity contribution in [3.63, 3.8) is 0 Å². The molecule has 0 aliphatic rings. The van der Waals surface area contributed by atoms with Crippen LogP contribution in [0.25, 0.3) is 6.08 Å². The molecule has 0 saturated heterocycles. The number of carboxylic acid groups (broad SMARTS) is 1. The Morgan fingerprint density at radius 3 is 2.40 bits per heavy atom. The van der Waals surface area contributed by atoms with Crippen LogP contribution in [-0.4, -0.2) is 36.9 Å². The number of hydrogen-bond acceptors (Lipinski definition) is 3. The second-order valence-corrected chi connectivity index (χ2v) is 6.49. The van der Waals surface area contributed by atoms with E-state index in [1.54, 1.807) is 31.2 Å². The second-order valence-electron chi connectivity index (χ2n) is 4.18. The average molecular weight is 318 g/mol. The summed E-state index contributed by atoms with van der Waals surface area (Å²) in [5, 5.41) is 10.5. The number of nitrogens with zero attached hydrogens (tertiary/aromatic N) is 1. The number of aliphatic carboxylic acids is 1. The number of carboxylic acids is 1. The van der Waals surface area contributed by atoms with Crippen LogP contribution in [0.3, 0.4) is 0 Å². The number of hydrogen-bond donors (Lipinski definition) is 1. The quantitative estimate of drug-likeness (QED) is 0.874. The van der Waals surface area contributed by atoms with Crippen molar-refractivity contribution in [2.24, 2.45) is 0 Å². The zero-order valence-electron chi connectivity index (χ0n) is 11.2. The summed E-state index contributed by atoms with van der Waals surface area (Å²) in [6.45, 7) is 1.62. The van der Waals surface area contributed by atoms with Crippen molar-refractivity contribution < 1.29 is 18.3 Å². The monoisotopic (exact) mass is 317 g/mol. The third-order valence-electron chi connectivity index (χ3n) is 2.81. The van der Waals surface area contributed by atoms with Gasteiger partial charge in [0, 0.05) is 17.5 Å². The van der Waals surface area contributed by atoms with Gasteiger partial charge in [0.25, 0.3) is 0 Å². The van der Waals surface area contributed by atoms with E-state index in [-0.39, 0.29) is 6.42 Å². The Balaban J connectivity index is 2.94. The van der Waals surface area contributed by atoms with E-state index in [1.165, 1.54) is 13.1 Å². The van der Waals surface area contributed by atoms with Gasteiger partial charge in [-0.2, -0.15) is 4.31 Å². The maximum Gasteiger partial charge on any atom is 0.321 e. The number of benzene rings is 1. The highest BCUT2D eigenvalue weighted by atomic mass is 35.5. The van der Waals surface area contributed by atoms with Crippen LogP contribution in [0.15, 0.2) is 29.7 Å². The lowest BCUT2D eigenvalue weighted by molar-refractivity contribution is -0.141. The molecular formula is C13H16ClNO4S. The minimum atomic E-state index is -3.79. The molecule has 20 heavy (non-hydrogen) atoms. The number of sulfonamides is 1. The zero-order valence-corrected chi connectivity index (χ0v) is 12.7. The Morgan fingerprint density at radius 1 is 1.40 bits per heavy atom. The van der Waals surface area contributed by atoms with Gasteiger partial charge in [-0.25, -0.2) is 8.42 Å². The summed E-state index contributed by atoms with van der Waals surface area (Å²) >= 11 is 5.73. The van der Waals surface area contributed by atoms with Crippen molar-refractivity contribution in [1.82, 2.24) is 4.31 Å².